The zero-order valence-corrected chi connectivity index (χ0v) is 18.4. The molecule has 0 spiro atoms. The minimum Gasteiger partial charge on any atom is -0.424 e. The van der Waals surface area contributed by atoms with Crippen LogP contribution >= 0.6 is 11.6 Å². The van der Waals surface area contributed by atoms with Crippen LogP contribution in [-0.2, 0) is 28.0 Å². The first-order chi connectivity index (χ1) is 16.0. The third kappa shape index (κ3) is 3.13. The first kappa shape index (κ1) is 20.0. The molecule has 0 saturated carbocycles. The molecule has 2 aliphatic rings. The van der Waals surface area contributed by atoms with Crippen molar-refractivity contribution in [3.05, 3.63) is 100 Å². The molecule has 33 heavy (non-hydrogen) atoms. The number of ether oxygens (including phenoxy) is 1. The number of hydrogen-bond acceptors (Lipinski definition) is 4. The quantitative estimate of drug-likeness (QED) is 0.450. The molecular weight excluding hydrogens is 438 g/mol. The first-order valence-electron chi connectivity index (χ1n) is 10.9. The Kier molecular flexibility index (Phi) is 4.52. The SMILES string of the molecule is O=C1O[C@](Cc2ccccc2)(c2nc3cc(Cl)ccc3[nH]2)C(=O)N1[C@@H]1CCc2ccccc21. The van der Waals surface area contributed by atoms with Crippen LogP contribution in [0.4, 0.5) is 4.79 Å². The fourth-order valence-corrected chi connectivity index (χ4v) is 5.16. The number of imide groups is 1. The Morgan fingerprint density at radius 1 is 1.06 bits per heavy atom. The molecule has 1 aromatic heterocycles. The number of fused-ring (bicyclic) bond motifs is 2. The first-order valence-corrected chi connectivity index (χ1v) is 11.3. The minimum absolute atomic E-state index is 0.177. The molecule has 3 aromatic carbocycles. The summed E-state index contributed by atoms with van der Waals surface area (Å²) in [5.74, 6) is -0.0982. The van der Waals surface area contributed by atoms with E-state index in [1.165, 1.54) is 4.90 Å². The Labute approximate surface area is 195 Å². The highest BCUT2D eigenvalue weighted by atomic mass is 35.5. The van der Waals surface area contributed by atoms with Crippen LogP contribution in [-0.4, -0.2) is 26.9 Å². The standard InChI is InChI=1S/C26H20ClN3O3/c27-18-11-12-20-21(14-18)29-23(28-20)26(15-16-6-2-1-3-7-16)24(31)30(25(32)33-26)22-13-10-17-8-4-5-9-19(17)22/h1-9,11-12,14,22H,10,13,15H2,(H,28,29)/t22-,26-/m1/s1. The van der Waals surface area contributed by atoms with Gasteiger partial charge in [-0.2, -0.15) is 0 Å². The predicted molar refractivity (Wildman–Crippen MR) is 124 cm³/mol. The summed E-state index contributed by atoms with van der Waals surface area (Å²) in [6.45, 7) is 0. The summed E-state index contributed by atoms with van der Waals surface area (Å²) >= 11 is 6.15. The third-order valence-corrected chi connectivity index (χ3v) is 6.79. The Balaban J connectivity index is 1.48. The molecule has 6 nitrogen and oxygen atoms in total. The van der Waals surface area contributed by atoms with Crippen molar-refractivity contribution in [3.63, 3.8) is 0 Å². The van der Waals surface area contributed by atoms with Crippen LogP contribution in [0.15, 0.2) is 72.8 Å². The molecule has 0 radical (unpaired) electrons. The highest BCUT2D eigenvalue weighted by Crippen LogP contribution is 2.44. The van der Waals surface area contributed by atoms with E-state index in [-0.39, 0.29) is 12.5 Å². The lowest BCUT2D eigenvalue weighted by Gasteiger charge is -2.25. The highest BCUT2D eigenvalue weighted by Gasteiger charge is 2.59. The fraction of sp³-hybridized carbons (Fsp3) is 0.192. The molecule has 0 bridgehead atoms. The lowest BCUT2D eigenvalue weighted by Crippen LogP contribution is -2.42. The van der Waals surface area contributed by atoms with Crippen LogP contribution in [0, 0.1) is 0 Å². The van der Waals surface area contributed by atoms with E-state index in [0.717, 1.165) is 28.6 Å². The third-order valence-electron chi connectivity index (χ3n) is 6.56. The van der Waals surface area contributed by atoms with Crippen molar-refractivity contribution in [2.45, 2.75) is 30.9 Å². The van der Waals surface area contributed by atoms with Gasteiger partial charge in [0, 0.05) is 11.4 Å². The molecule has 1 saturated heterocycles. The number of carbonyl (C=O) groups excluding carboxylic acids is 2. The fourth-order valence-electron chi connectivity index (χ4n) is 4.99. The number of cyclic esters (lactones) is 1. The summed E-state index contributed by atoms with van der Waals surface area (Å²) in [4.78, 5) is 36.5. The zero-order valence-electron chi connectivity index (χ0n) is 17.6. The second kappa shape index (κ2) is 7.46. The van der Waals surface area contributed by atoms with Crippen LogP contribution in [0.25, 0.3) is 11.0 Å². The molecule has 2 heterocycles. The van der Waals surface area contributed by atoms with Crippen molar-refractivity contribution in [1.82, 2.24) is 14.9 Å². The number of imidazole rings is 1. The number of H-pyrrole nitrogens is 1. The predicted octanol–water partition coefficient (Wildman–Crippen LogP) is 5.32. The largest absolute Gasteiger partial charge is 0.424 e. The number of rotatable bonds is 4. The van der Waals surface area contributed by atoms with E-state index in [1.54, 1.807) is 18.2 Å². The molecule has 4 aromatic rings. The smallest absolute Gasteiger partial charge is 0.418 e. The van der Waals surface area contributed by atoms with Crippen LogP contribution in [0.3, 0.4) is 0 Å². The average molecular weight is 458 g/mol. The second-order valence-corrected chi connectivity index (χ2v) is 8.97. The van der Waals surface area contributed by atoms with Crippen molar-refractivity contribution < 1.29 is 14.3 Å². The maximum Gasteiger partial charge on any atom is 0.418 e. The average Bonchev–Trinajstić information content (AvgIpc) is 3.49. The number of benzene rings is 3. The van der Waals surface area contributed by atoms with E-state index in [4.69, 9.17) is 16.3 Å². The molecule has 7 heteroatoms. The number of carbonyl (C=O) groups is 2. The second-order valence-electron chi connectivity index (χ2n) is 8.53. The van der Waals surface area contributed by atoms with Gasteiger partial charge in [0.25, 0.3) is 11.5 Å². The molecule has 1 fully saturated rings. The van der Waals surface area contributed by atoms with Gasteiger partial charge in [0.15, 0.2) is 5.82 Å². The van der Waals surface area contributed by atoms with Crippen molar-refractivity contribution in [1.29, 1.82) is 0 Å². The zero-order chi connectivity index (χ0) is 22.6. The number of aromatic nitrogens is 2. The molecule has 6 rings (SSSR count). The number of nitrogens with one attached hydrogen (secondary N) is 1. The Morgan fingerprint density at radius 3 is 2.70 bits per heavy atom. The summed E-state index contributed by atoms with van der Waals surface area (Å²) in [5.41, 5.74) is 2.76. The normalized spacial score (nSPS) is 22.1. The summed E-state index contributed by atoms with van der Waals surface area (Å²) in [5, 5.41) is 0.539. The summed E-state index contributed by atoms with van der Waals surface area (Å²) < 4.78 is 5.96. The van der Waals surface area contributed by atoms with Crippen molar-refractivity contribution in [2.24, 2.45) is 0 Å². The maximum absolute atomic E-state index is 14.1. The monoisotopic (exact) mass is 457 g/mol. The van der Waals surface area contributed by atoms with Crippen LogP contribution < -0.4 is 0 Å². The van der Waals surface area contributed by atoms with Gasteiger partial charge in [0.05, 0.1) is 17.1 Å². The lowest BCUT2D eigenvalue weighted by molar-refractivity contribution is -0.139. The van der Waals surface area contributed by atoms with Crippen molar-refractivity contribution in [2.75, 3.05) is 0 Å². The van der Waals surface area contributed by atoms with Crippen molar-refractivity contribution in [3.8, 4) is 0 Å². The molecule has 164 valence electrons. The number of aryl methyl sites for hydroxylation is 1. The Bertz CT molecular complexity index is 1400. The summed E-state index contributed by atoms with van der Waals surface area (Å²) in [7, 11) is 0. The topological polar surface area (TPSA) is 75.3 Å². The van der Waals surface area contributed by atoms with E-state index >= 15 is 0 Å². The van der Waals surface area contributed by atoms with E-state index in [0.29, 0.717) is 22.8 Å². The van der Waals surface area contributed by atoms with Crippen LogP contribution in [0.5, 0.6) is 0 Å². The van der Waals surface area contributed by atoms with Gasteiger partial charge in [0.1, 0.15) is 0 Å². The van der Waals surface area contributed by atoms with Crippen molar-refractivity contribution >= 4 is 34.6 Å². The number of halogens is 1. The molecule has 0 unspecified atom stereocenters. The summed E-state index contributed by atoms with van der Waals surface area (Å²) in [6, 6.07) is 22.4. The van der Waals surface area contributed by atoms with Crippen LogP contribution in [0.2, 0.25) is 5.02 Å². The highest BCUT2D eigenvalue weighted by molar-refractivity contribution is 6.31. The van der Waals surface area contributed by atoms with Gasteiger partial charge in [-0.15, -0.1) is 0 Å². The van der Waals surface area contributed by atoms with E-state index in [2.05, 4.69) is 9.97 Å². The Hall–Kier alpha value is -3.64. The van der Waals surface area contributed by atoms with Gasteiger partial charge in [-0.05, 0) is 47.7 Å². The molecular formula is C26H20ClN3O3. The van der Waals surface area contributed by atoms with Gasteiger partial charge >= 0.3 is 6.09 Å². The van der Waals surface area contributed by atoms with E-state index < -0.39 is 17.6 Å². The number of nitrogens with zero attached hydrogens (tertiary/aromatic N) is 2. The molecule has 2 atom stereocenters. The maximum atomic E-state index is 14.1. The van der Waals surface area contributed by atoms with E-state index in [9.17, 15) is 9.59 Å². The number of amides is 2. The van der Waals surface area contributed by atoms with Crippen LogP contribution in [0.1, 0.15) is 35.0 Å². The van der Waals surface area contributed by atoms with Gasteiger partial charge < -0.3 is 9.72 Å². The lowest BCUT2D eigenvalue weighted by atomic mass is 9.92. The van der Waals surface area contributed by atoms with Gasteiger partial charge in [-0.3, -0.25) is 4.79 Å². The van der Waals surface area contributed by atoms with E-state index in [1.807, 2.05) is 54.6 Å². The molecule has 1 aliphatic carbocycles. The van der Waals surface area contributed by atoms with Gasteiger partial charge in [-0.25, -0.2) is 14.7 Å². The molecule has 1 N–H and O–H groups in total. The molecule has 1 aliphatic heterocycles. The Morgan fingerprint density at radius 2 is 1.85 bits per heavy atom. The van der Waals surface area contributed by atoms with Gasteiger partial charge in [0.2, 0.25) is 0 Å². The minimum atomic E-state index is -1.58. The molecule has 2 amide bonds. The number of hydrogen-bond donors (Lipinski definition) is 1. The number of aromatic amines is 1. The summed E-state index contributed by atoms with van der Waals surface area (Å²) in [6.07, 6.45) is 1.03. The van der Waals surface area contributed by atoms with Gasteiger partial charge in [-0.1, -0.05) is 66.2 Å².